The highest BCUT2D eigenvalue weighted by Crippen LogP contribution is 2.33. The molecule has 4 nitrogen and oxygen atoms in total. The minimum atomic E-state index is -3.32. The molecule has 23 heavy (non-hydrogen) atoms. The molecule has 0 bridgehead atoms. The smallest absolute Gasteiger partial charge is 0.261 e. The summed E-state index contributed by atoms with van der Waals surface area (Å²) in [7, 11) is -3.32. The van der Waals surface area contributed by atoms with Crippen molar-refractivity contribution in [2.75, 3.05) is 5.75 Å². The Kier molecular flexibility index (Phi) is 3.25. The van der Waals surface area contributed by atoms with Crippen molar-refractivity contribution >= 4 is 37.2 Å². The highest BCUT2D eigenvalue weighted by molar-refractivity contribution is 7.91. The molecule has 1 aliphatic heterocycles. The molecule has 1 N–H and O–H groups in total. The van der Waals surface area contributed by atoms with Gasteiger partial charge >= 0.3 is 0 Å². The molecular formula is C17H13NO3S2. The molecule has 116 valence electrons. The minimum Gasteiger partial charge on any atom is -0.343 e. The van der Waals surface area contributed by atoms with Gasteiger partial charge in [0.15, 0.2) is 9.84 Å². The standard InChI is InChI=1S/C17H13NO3S2/c19-17(15-9-11-5-1-3-7-14(11)22-15)18-13-10-23(20,21)16-8-4-2-6-12(13)16/h1-9,13H,10H2,(H,18,19)/t13-/m1/s1. The van der Waals surface area contributed by atoms with Gasteiger partial charge in [-0.1, -0.05) is 36.4 Å². The Balaban J connectivity index is 1.65. The quantitative estimate of drug-likeness (QED) is 0.777. The van der Waals surface area contributed by atoms with Crippen LogP contribution in [0.2, 0.25) is 0 Å². The molecule has 1 amide bonds. The first-order valence-corrected chi connectivity index (χ1v) is 9.62. The first kappa shape index (κ1) is 14.4. The molecule has 0 saturated heterocycles. The number of benzene rings is 2. The van der Waals surface area contributed by atoms with E-state index < -0.39 is 15.9 Å². The molecule has 4 rings (SSSR count). The normalized spacial score (nSPS) is 18.7. The van der Waals surface area contributed by atoms with E-state index >= 15 is 0 Å². The number of fused-ring (bicyclic) bond motifs is 2. The Labute approximate surface area is 137 Å². The zero-order chi connectivity index (χ0) is 16.0. The van der Waals surface area contributed by atoms with Crippen molar-refractivity contribution in [2.24, 2.45) is 0 Å². The lowest BCUT2D eigenvalue weighted by atomic mass is 10.1. The second-order valence-electron chi connectivity index (χ2n) is 5.49. The second kappa shape index (κ2) is 5.18. The summed E-state index contributed by atoms with van der Waals surface area (Å²) in [5.74, 6) is -0.314. The Bertz CT molecular complexity index is 988. The largest absolute Gasteiger partial charge is 0.343 e. The lowest BCUT2D eigenvalue weighted by Gasteiger charge is -2.11. The van der Waals surface area contributed by atoms with Crippen LogP contribution in [0.3, 0.4) is 0 Å². The molecule has 0 fully saturated rings. The van der Waals surface area contributed by atoms with Crippen LogP contribution in [0.4, 0.5) is 0 Å². The second-order valence-corrected chi connectivity index (χ2v) is 8.58. The van der Waals surface area contributed by atoms with Crippen molar-refractivity contribution < 1.29 is 13.2 Å². The summed E-state index contributed by atoms with van der Waals surface area (Å²) < 4.78 is 25.4. The van der Waals surface area contributed by atoms with Crippen LogP contribution in [0.1, 0.15) is 21.3 Å². The van der Waals surface area contributed by atoms with Crippen LogP contribution in [-0.2, 0) is 9.84 Å². The average Bonchev–Trinajstić information content (AvgIpc) is 3.07. The number of rotatable bonds is 2. The van der Waals surface area contributed by atoms with E-state index in [2.05, 4.69) is 5.32 Å². The molecule has 0 aliphatic carbocycles. The summed E-state index contributed by atoms with van der Waals surface area (Å²) in [5, 5.41) is 3.88. The maximum absolute atomic E-state index is 12.5. The van der Waals surface area contributed by atoms with Crippen molar-refractivity contribution in [3.05, 3.63) is 65.0 Å². The third-order valence-corrected chi connectivity index (χ3v) is 6.90. The third kappa shape index (κ3) is 2.44. The topological polar surface area (TPSA) is 63.2 Å². The Morgan fingerprint density at radius 2 is 1.83 bits per heavy atom. The van der Waals surface area contributed by atoms with Crippen LogP contribution in [0, 0.1) is 0 Å². The first-order chi connectivity index (χ1) is 11.0. The molecule has 0 radical (unpaired) electrons. The average molecular weight is 343 g/mol. The van der Waals surface area contributed by atoms with Crippen LogP contribution in [0.15, 0.2) is 59.5 Å². The fraction of sp³-hybridized carbons (Fsp3) is 0.118. The predicted molar refractivity (Wildman–Crippen MR) is 90.5 cm³/mol. The minimum absolute atomic E-state index is 0.0804. The molecule has 0 unspecified atom stereocenters. The van der Waals surface area contributed by atoms with Crippen LogP contribution >= 0.6 is 11.3 Å². The summed E-state index contributed by atoms with van der Waals surface area (Å²) in [6.45, 7) is 0. The van der Waals surface area contributed by atoms with E-state index in [0.717, 1.165) is 10.1 Å². The molecule has 2 heterocycles. The summed E-state index contributed by atoms with van der Waals surface area (Å²) in [6, 6.07) is 16.0. The Morgan fingerprint density at radius 1 is 1.09 bits per heavy atom. The highest BCUT2D eigenvalue weighted by Gasteiger charge is 2.35. The zero-order valence-corrected chi connectivity index (χ0v) is 13.7. The number of hydrogen-bond acceptors (Lipinski definition) is 4. The lowest BCUT2D eigenvalue weighted by Crippen LogP contribution is -2.28. The van der Waals surface area contributed by atoms with Crippen molar-refractivity contribution in [1.29, 1.82) is 0 Å². The summed E-state index contributed by atoms with van der Waals surface area (Å²) in [4.78, 5) is 13.4. The molecule has 1 aliphatic rings. The molecule has 3 aromatic rings. The summed E-state index contributed by atoms with van der Waals surface area (Å²) in [5.41, 5.74) is 0.668. The van der Waals surface area contributed by atoms with Crippen LogP contribution in [0.5, 0.6) is 0 Å². The van der Waals surface area contributed by atoms with Gasteiger partial charge in [-0.05, 0) is 29.1 Å². The van der Waals surface area contributed by atoms with E-state index in [9.17, 15) is 13.2 Å². The molecule has 1 aromatic heterocycles. The summed E-state index contributed by atoms with van der Waals surface area (Å²) in [6.07, 6.45) is 0. The molecule has 0 saturated carbocycles. The van der Waals surface area contributed by atoms with Gasteiger partial charge in [0.25, 0.3) is 5.91 Å². The van der Waals surface area contributed by atoms with E-state index in [0.29, 0.717) is 15.3 Å². The number of sulfone groups is 1. The van der Waals surface area contributed by atoms with Crippen LogP contribution in [-0.4, -0.2) is 20.1 Å². The van der Waals surface area contributed by atoms with Gasteiger partial charge in [0.2, 0.25) is 0 Å². The van der Waals surface area contributed by atoms with E-state index in [1.54, 1.807) is 24.3 Å². The number of hydrogen-bond donors (Lipinski definition) is 1. The van der Waals surface area contributed by atoms with Crippen molar-refractivity contribution in [3.63, 3.8) is 0 Å². The van der Waals surface area contributed by atoms with E-state index in [1.807, 2.05) is 30.3 Å². The maximum Gasteiger partial charge on any atom is 0.261 e. The monoisotopic (exact) mass is 343 g/mol. The van der Waals surface area contributed by atoms with Crippen LogP contribution < -0.4 is 5.32 Å². The maximum atomic E-state index is 12.5. The lowest BCUT2D eigenvalue weighted by molar-refractivity contribution is 0.0945. The molecule has 1 atom stereocenters. The predicted octanol–water partition coefficient (Wildman–Crippen LogP) is 3.16. The van der Waals surface area contributed by atoms with Gasteiger partial charge in [0.1, 0.15) is 0 Å². The SMILES string of the molecule is O=C(N[C@@H]1CS(=O)(=O)c2ccccc21)c1cc2ccccc2s1. The van der Waals surface area contributed by atoms with Gasteiger partial charge in [-0.2, -0.15) is 0 Å². The van der Waals surface area contributed by atoms with Gasteiger partial charge in [-0.25, -0.2) is 8.42 Å². The molecule has 0 spiro atoms. The van der Waals surface area contributed by atoms with E-state index in [-0.39, 0.29) is 11.7 Å². The van der Waals surface area contributed by atoms with Gasteiger partial charge < -0.3 is 5.32 Å². The fourth-order valence-electron chi connectivity index (χ4n) is 2.89. The molecular weight excluding hydrogens is 330 g/mol. The molecule has 2 aromatic carbocycles. The summed E-state index contributed by atoms with van der Waals surface area (Å²) >= 11 is 1.41. The first-order valence-electron chi connectivity index (χ1n) is 7.16. The van der Waals surface area contributed by atoms with Crippen molar-refractivity contribution in [1.82, 2.24) is 5.32 Å². The van der Waals surface area contributed by atoms with Gasteiger partial charge in [0.05, 0.1) is 21.6 Å². The number of carbonyl (C=O) groups is 1. The number of nitrogens with one attached hydrogen (secondary N) is 1. The zero-order valence-electron chi connectivity index (χ0n) is 12.0. The van der Waals surface area contributed by atoms with Gasteiger partial charge in [0, 0.05) is 4.70 Å². The number of carbonyl (C=O) groups excluding carboxylic acids is 1. The van der Waals surface area contributed by atoms with E-state index in [1.165, 1.54) is 11.3 Å². The Hall–Kier alpha value is -2.18. The third-order valence-electron chi connectivity index (χ3n) is 3.97. The van der Waals surface area contributed by atoms with Crippen LogP contribution in [0.25, 0.3) is 10.1 Å². The van der Waals surface area contributed by atoms with Gasteiger partial charge in [-0.3, -0.25) is 4.79 Å². The highest BCUT2D eigenvalue weighted by atomic mass is 32.2. The van der Waals surface area contributed by atoms with E-state index in [4.69, 9.17) is 0 Å². The van der Waals surface area contributed by atoms with Crippen molar-refractivity contribution in [2.45, 2.75) is 10.9 Å². The fourth-order valence-corrected chi connectivity index (χ4v) is 5.60. The number of amides is 1. The Morgan fingerprint density at radius 3 is 2.65 bits per heavy atom. The van der Waals surface area contributed by atoms with Crippen molar-refractivity contribution in [3.8, 4) is 0 Å². The number of thiophene rings is 1. The van der Waals surface area contributed by atoms with Gasteiger partial charge in [-0.15, -0.1) is 11.3 Å². The molecule has 6 heteroatoms.